The molecule has 1 aromatic carbocycles. The third-order valence-corrected chi connectivity index (χ3v) is 4.06. The van der Waals surface area contributed by atoms with Crippen LogP contribution in [0.15, 0.2) is 35.2 Å². The van der Waals surface area contributed by atoms with E-state index in [1.165, 1.54) is 23.6 Å². The van der Waals surface area contributed by atoms with E-state index >= 15 is 0 Å². The minimum Gasteiger partial charge on any atom is -0.480 e. The van der Waals surface area contributed by atoms with Crippen molar-refractivity contribution in [3.63, 3.8) is 0 Å². The molecule has 0 saturated carbocycles. The average Bonchev–Trinajstić information content (AvgIpc) is 2.41. The number of carboxylic acid groups (broad SMARTS) is 1. The van der Waals surface area contributed by atoms with Gasteiger partial charge in [0.05, 0.1) is 11.4 Å². The first-order valence-electron chi connectivity index (χ1n) is 5.96. The summed E-state index contributed by atoms with van der Waals surface area (Å²) in [5.41, 5.74) is 1.57. The molecule has 1 aliphatic rings. The molecule has 1 aliphatic heterocycles. The Hall–Kier alpha value is -1.75. The highest BCUT2D eigenvalue weighted by Crippen LogP contribution is 2.35. The summed E-state index contributed by atoms with van der Waals surface area (Å²) in [5, 5.41) is 9.18. The topological polar surface area (TPSA) is 57.6 Å². The van der Waals surface area contributed by atoms with E-state index in [1.54, 1.807) is 0 Å². The molecule has 0 spiro atoms. The van der Waals surface area contributed by atoms with Gasteiger partial charge in [0.15, 0.2) is 0 Å². The lowest BCUT2D eigenvalue weighted by molar-refractivity contribution is -0.145. The highest BCUT2D eigenvalue weighted by atomic mass is 32.2. The van der Waals surface area contributed by atoms with Crippen molar-refractivity contribution >= 4 is 29.3 Å². The summed E-state index contributed by atoms with van der Waals surface area (Å²) >= 11 is 1.46. The first kappa shape index (κ1) is 13.7. The van der Waals surface area contributed by atoms with Gasteiger partial charge in [0.2, 0.25) is 5.91 Å². The Kier molecular flexibility index (Phi) is 3.95. The van der Waals surface area contributed by atoms with Gasteiger partial charge < -0.3 is 5.11 Å². The van der Waals surface area contributed by atoms with E-state index < -0.39 is 12.0 Å². The summed E-state index contributed by atoms with van der Waals surface area (Å²) in [6, 6.07) is 8.56. The van der Waals surface area contributed by atoms with Crippen LogP contribution < -0.4 is 0 Å². The molecule has 1 amide bonds. The number of carbonyl (C=O) groups is 2. The smallest absolute Gasteiger partial charge is 0.326 e. The number of allylic oxidation sites excluding steroid dienone is 1. The van der Waals surface area contributed by atoms with Crippen molar-refractivity contribution in [2.75, 3.05) is 5.75 Å². The number of hydrogen-bond acceptors (Lipinski definition) is 3. The van der Waals surface area contributed by atoms with Gasteiger partial charge in [-0.1, -0.05) is 30.3 Å². The fourth-order valence-electron chi connectivity index (χ4n) is 2.06. The second-order valence-electron chi connectivity index (χ2n) is 4.34. The van der Waals surface area contributed by atoms with Crippen LogP contribution >= 0.6 is 11.8 Å². The summed E-state index contributed by atoms with van der Waals surface area (Å²) < 4.78 is 0. The first-order valence-corrected chi connectivity index (χ1v) is 6.95. The molecule has 100 valence electrons. The molecule has 1 heterocycles. The predicted molar refractivity (Wildman–Crippen MR) is 75.4 cm³/mol. The normalized spacial score (nSPS) is 17.6. The predicted octanol–water partition coefficient (Wildman–Crippen LogP) is 2.42. The highest BCUT2D eigenvalue weighted by Gasteiger charge is 2.33. The molecule has 5 heteroatoms. The van der Waals surface area contributed by atoms with E-state index in [2.05, 4.69) is 0 Å². The molecule has 0 bridgehead atoms. The molecule has 0 aromatic heterocycles. The molecule has 0 radical (unpaired) electrons. The van der Waals surface area contributed by atoms with Crippen molar-refractivity contribution in [1.29, 1.82) is 0 Å². The molecule has 0 saturated heterocycles. The number of carboxylic acids is 1. The average molecular weight is 277 g/mol. The maximum atomic E-state index is 12.1. The zero-order chi connectivity index (χ0) is 14.0. The van der Waals surface area contributed by atoms with E-state index in [0.717, 1.165) is 10.5 Å². The van der Waals surface area contributed by atoms with Gasteiger partial charge in [0.1, 0.15) is 6.04 Å². The first-order chi connectivity index (χ1) is 9.02. The maximum Gasteiger partial charge on any atom is 0.326 e. The Labute approximate surface area is 116 Å². The second kappa shape index (κ2) is 5.48. The van der Waals surface area contributed by atoms with Gasteiger partial charge in [-0.15, -0.1) is 11.8 Å². The van der Waals surface area contributed by atoms with Crippen LogP contribution in [-0.4, -0.2) is 33.7 Å². The van der Waals surface area contributed by atoms with Gasteiger partial charge >= 0.3 is 5.97 Å². The number of rotatable bonds is 3. The van der Waals surface area contributed by atoms with E-state index in [4.69, 9.17) is 0 Å². The lowest BCUT2D eigenvalue weighted by Crippen LogP contribution is -2.44. The fourth-order valence-corrected chi connectivity index (χ4v) is 2.89. The van der Waals surface area contributed by atoms with Gasteiger partial charge in [-0.2, -0.15) is 0 Å². The van der Waals surface area contributed by atoms with E-state index in [0.29, 0.717) is 11.4 Å². The van der Waals surface area contributed by atoms with Gasteiger partial charge in [0, 0.05) is 4.91 Å². The van der Waals surface area contributed by atoms with Crippen LogP contribution in [0.25, 0.3) is 5.70 Å². The number of hydrogen-bond donors (Lipinski definition) is 1. The van der Waals surface area contributed by atoms with Gasteiger partial charge in [-0.25, -0.2) is 4.79 Å². The number of nitrogens with zero attached hydrogens (tertiary/aromatic N) is 1. The molecular weight excluding hydrogens is 262 g/mol. The van der Waals surface area contributed by atoms with Crippen LogP contribution in [0.1, 0.15) is 19.4 Å². The fraction of sp³-hybridized carbons (Fsp3) is 0.286. The maximum absolute atomic E-state index is 12.1. The molecule has 1 aromatic rings. The summed E-state index contributed by atoms with van der Waals surface area (Å²) in [4.78, 5) is 25.6. The minimum absolute atomic E-state index is 0.163. The highest BCUT2D eigenvalue weighted by molar-refractivity contribution is 8.03. The van der Waals surface area contributed by atoms with Crippen molar-refractivity contribution in [3.05, 3.63) is 40.8 Å². The summed E-state index contributed by atoms with van der Waals surface area (Å²) in [7, 11) is 0. The zero-order valence-corrected chi connectivity index (χ0v) is 11.6. The Balaban J connectivity index is 2.51. The Morgan fingerprint density at radius 3 is 2.58 bits per heavy atom. The lowest BCUT2D eigenvalue weighted by Gasteiger charge is -2.33. The Morgan fingerprint density at radius 2 is 2.00 bits per heavy atom. The van der Waals surface area contributed by atoms with Crippen molar-refractivity contribution in [2.24, 2.45) is 0 Å². The summed E-state index contributed by atoms with van der Waals surface area (Å²) in [6.07, 6.45) is 0. The van der Waals surface area contributed by atoms with Crippen molar-refractivity contribution in [2.45, 2.75) is 19.9 Å². The third kappa shape index (κ3) is 2.66. The molecule has 0 aliphatic carbocycles. The van der Waals surface area contributed by atoms with Crippen LogP contribution in [0.2, 0.25) is 0 Å². The van der Waals surface area contributed by atoms with Crippen molar-refractivity contribution in [3.8, 4) is 0 Å². The zero-order valence-electron chi connectivity index (χ0n) is 10.8. The molecule has 0 fully saturated rings. The van der Waals surface area contributed by atoms with Crippen molar-refractivity contribution < 1.29 is 14.7 Å². The molecule has 2 rings (SSSR count). The van der Waals surface area contributed by atoms with Crippen LogP contribution in [0.5, 0.6) is 0 Å². The molecule has 4 nitrogen and oxygen atoms in total. The number of thioether (sulfide) groups is 1. The van der Waals surface area contributed by atoms with Crippen LogP contribution in [0, 0.1) is 0 Å². The number of aliphatic carboxylic acids is 1. The van der Waals surface area contributed by atoms with Gasteiger partial charge in [-0.05, 0) is 19.4 Å². The van der Waals surface area contributed by atoms with Crippen LogP contribution in [0.3, 0.4) is 0 Å². The summed E-state index contributed by atoms with van der Waals surface area (Å²) in [6.45, 7) is 3.45. The SMILES string of the molecule is CC1=C(c2ccccc2)N(C(C)C(=O)O)C(=O)CS1. The monoisotopic (exact) mass is 277 g/mol. The molecule has 1 atom stereocenters. The van der Waals surface area contributed by atoms with Crippen LogP contribution in [0.4, 0.5) is 0 Å². The quantitative estimate of drug-likeness (QED) is 0.922. The summed E-state index contributed by atoms with van der Waals surface area (Å²) in [5.74, 6) is -0.870. The number of amides is 1. The standard InChI is InChI=1S/C14H15NO3S/c1-9(14(17)18)15-12(16)8-19-10(2)13(15)11-6-4-3-5-7-11/h3-7,9H,8H2,1-2H3,(H,17,18). The molecular formula is C14H15NO3S. The van der Waals surface area contributed by atoms with E-state index in [-0.39, 0.29) is 5.91 Å². The molecule has 1 N–H and O–H groups in total. The van der Waals surface area contributed by atoms with Crippen LogP contribution in [-0.2, 0) is 9.59 Å². The Morgan fingerprint density at radius 1 is 1.37 bits per heavy atom. The molecule has 19 heavy (non-hydrogen) atoms. The van der Waals surface area contributed by atoms with E-state index in [9.17, 15) is 14.7 Å². The minimum atomic E-state index is -0.999. The second-order valence-corrected chi connectivity index (χ2v) is 5.53. The molecule has 1 unspecified atom stereocenters. The Bertz CT molecular complexity index is 539. The number of carbonyl (C=O) groups excluding carboxylic acids is 1. The third-order valence-electron chi connectivity index (χ3n) is 3.05. The lowest BCUT2D eigenvalue weighted by atomic mass is 10.1. The van der Waals surface area contributed by atoms with Crippen molar-refractivity contribution in [1.82, 2.24) is 4.90 Å². The van der Waals surface area contributed by atoms with Gasteiger partial charge in [0.25, 0.3) is 0 Å². The van der Waals surface area contributed by atoms with Gasteiger partial charge in [-0.3, -0.25) is 9.69 Å². The number of benzene rings is 1. The largest absolute Gasteiger partial charge is 0.480 e. The van der Waals surface area contributed by atoms with E-state index in [1.807, 2.05) is 37.3 Å².